The Morgan fingerprint density at radius 1 is 0.923 bits per heavy atom. The lowest BCUT2D eigenvalue weighted by molar-refractivity contribution is 0.117. The van der Waals surface area contributed by atoms with Gasteiger partial charge in [-0.1, -0.05) is 42.5 Å². The van der Waals surface area contributed by atoms with Crippen LogP contribution in [0.25, 0.3) is 0 Å². The van der Waals surface area contributed by atoms with Gasteiger partial charge in [-0.2, -0.15) is 0 Å². The number of ether oxygens (including phenoxy) is 2. The first-order valence-corrected chi connectivity index (χ1v) is 9.01. The highest BCUT2D eigenvalue weighted by molar-refractivity contribution is 5.79. The molecule has 0 aliphatic rings. The van der Waals surface area contributed by atoms with Crippen LogP contribution in [0.1, 0.15) is 24.0 Å². The maximum atomic E-state index is 5.69. The van der Waals surface area contributed by atoms with Crippen molar-refractivity contribution in [3.8, 4) is 5.75 Å². The third kappa shape index (κ3) is 7.57. The first-order chi connectivity index (χ1) is 12.8. The van der Waals surface area contributed by atoms with Gasteiger partial charge in [0.25, 0.3) is 0 Å². The molecular formula is C21H29N3O2. The summed E-state index contributed by atoms with van der Waals surface area (Å²) in [5.74, 6) is 1.68. The molecule has 2 rings (SSSR count). The Hall–Kier alpha value is -2.53. The van der Waals surface area contributed by atoms with E-state index in [0.29, 0.717) is 6.61 Å². The van der Waals surface area contributed by atoms with Crippen molar-refractivity contribution in [3.05, 3.63) is 65.7 Å². The molecule has 0 amide bonds. The van der Waals surface area contributed by atoms with E-state index in [1.165, 1.54) is 11.1 Å². The van der Waals surface area contributed by atoms with Crippen LogP contribution in [0.15, 0.2) is 59.6 Å². The topological polar surface area (TPSA) is 54.9 Å². The number of aliphatic imine (C=N–C) groups is 1. The van der Waals surface area contributed by atoms with Crippen molar-refractivity contribution in [3.63, 3.8) is 0 Å². The lowest BCUT2D eigenvalue weighted by atomic mass is 10.2. The first-order valence-electron chi connectivity index (χ1n) is 9.01. The fourth-order valence-corrected chi connectivity index (χ4v) is 2.45. The van der Waals surface area contributed by atoms with Crippen LogP contribution in [-0.4, -0.2) is 33.3 Å². The van der Waals surface area contributed by atoms with E-state index in [4.69, 9.17) is 9.47 Å². The van der Waals surface area contributed by atoms with Crippen LogP contribution in [0.5, 0.6) is 5.75 Å². The monoisotopic (exact) mass is 355 g/mol. The maximum absolute atomic E-state index is 5.69. The molecule has 0 radical (unpaired) electrons. The molecule has 2 N–H and O–H groups in total. The van der Waals surface area contributed by atoms with Crippen molar-refractivity contribution in [2.24, 2.45) is 4.99 Å². The molecule has 0 saturated heterocycles. The van der Waals surface area contributed by atoms with E-state index in [-0.39, 0.29) is 0 Å². The summed E-state index contributed by atoms with van der Waals surface area (Å²) < 4.78 is 10.9. The second-order valence-corrected chi connectivity index (χ2v) is 5.95. The molecule has 0 unspecified atom stereocenters. The Labute approximate surface area is 156 Å². The molecule has 26 heavy (non-hydrogen) atoms. The highest BCUT2D eigenvalue weighted by atomic mass is 16.5. The summed E-state index contributed by atoms with van der Waals surface area (Å²) in [6.07, 6.45) is 2.06. The second kappa shape index (κ2) is 11.9. The number of unbranched alkanes of at least 4 members (excludes halogenated alkanes) is 1. The van der Waals surface area contributed by atoms with Gasteiger partial charge in [-0.25, -0.2) is 0 Å². The summed E-state index contributed by atoms with van der Waals surface area (Å²) in [6.45, 7) is 3.05. The fourth-order valence-electron chi connectivity index (χ4n) is 2.45. The van der Waals surface area contributed by atoms with Crippen molar-refractivity contribution in [2.45, 2.75) is 26.0 Å². The number of benzene rings is 2. The zero-order chi connectivity index (χ0) is 18.5. The Morgan fingerprint density at radius 3 is 2.38 bits per heavy atom. The molecule has 0 spiro atoms. The summed E-state index contributed by atoms with van der Waals surface area (Å²) in [5, 5.41) is 6.64. The van der Waals surface area contributed by atoms with Crippen molar-refractivity contribution in [2.75, 3.05) is 27.3 Å². The largest absolute Gasteiger partial charge is 0.497 e. The Bertz CT molecular complexity index is 642. The van der Waals surface area contributed by atoms with Crippen LogP contribution in [0, 0.1) is 0 Å². The number of rotatable bonds is 10. The van der Waals surface area contributed by atoms with Gasteiger partial charge in [0.05, 0.1) is 13.7 Å². The standard InChI is InChI=1S/C21H29N3O2/c1-22-21(24-16-18-10-12-20(25-2)13-11-18)23-14-6-7-15-26-17-19-8-4-3-5-9-19/h3-5,8-13H,6-7,14-17H2,1-2H3,(H2,22,23,24). The van der Waals surface area contributed by atoms with Gasteiger partial charge in [0.1, 0.15) is 5.75 Å². The SMILES string of the molecule is CN=C(NCCCCOCc1ccccc1)NCc1ccc(OC)cc1. The van der Waals surface area contributed by atoms with Gasteiger partial charge < -0.3 is 20.1 Å². The lowest BCUT2D eigenvalue weighted by Gasteiger charge is -2.12. The molecule has 0 aliphatic heterocycles. The molecule has 0 saturated carbocycles. The average molecular weight is 355 g/mol. The van der Waals surface area contributed by atoms with E-state index < -0.39 is 0 Å². The lowest BCUT2D eigenvalue weighted by Crippen LogP contribution is -2.37. The van der Waals surface area contributed by atoms with Gasteiger partial charge in [0.2, 0.25) is 0 Å². The molecule has 5 heteroatoms. The van der Waals surface area contributed by atoms with Crippen LogP contribution in [0.3, 0.4) is 0 Å². The molecule has 0 heterocycles. The fraction of sp³-hybridized carbons (Fsp3) is 0.381. The molecule has 0 fully saturated rings. The Balaban J connectivity index is 1.54. The first kappa shape index (κ1) is 19.8. The molecule has 5 nitrogen and oxygen atoms in total. The minimum absolute atomic E-state index is 0.680. The average Bonchev–Trinajstić information content (AvgIpc) is 2.70. The van der Waals surface area contributed by atoms with E-state index in [9.17, 15) is 0 Å². The van der Waals surface area contributed by atoms with E-state index >= 15 is 0 Å². The highest BCUT2D eigenvalue weighted by Gasteiger charge is 1.99. The molecule has 2 aromatic carbocycles. The number of hydrogen-bond donors (Lipinski definition) is 2. The summed E-state index contributed by atoms with van der Waals surface area (Å²) >= 11 is 0. The third-order valence-corrected chi connectivity index (χ3v) is 3.96. The molecule has 2 aromatic rings. The van der Waals surface area contributed by atoms with Crippen molar-refractivity contribution in [1.82, 2.24) is 10.6 Å². The number of methoxy groups -OCH3 is 1. The van der Waals surface area contributed by atoms with E-state index in [0.717, 1.165) is 44.2 Å². The minimum Gasteiger partial charge on any atom is -0.497 e. The molecular weight excluding hydrogens is 326 g/mol. The summed E-state index contributed by atoms with van der Waals surface area (Å²) in [7, 11) is 3.46. The summed E-state index contributed by atoms with van der Waals surface area (Å²) in [6, 6.07) is 18.3. The predicted molar refractivity (Wildman–Crippen MR) is 107 cm³/mol. The van der Waals surface area contributed by atoms with Crippen molar-refractivity contribution >= 4 is 5.96 Å². The smallest absolute Gasteiger partial charge is 0.191 e. The number of nitrogens with zero attached hydrogens (tertiary/aromatic N) is 1. The van der Waals surface area contributed by atoms with Crippen LogP contribution in [0.2, 0.25) is 0 Å². The zero-order valence-corrected chi connectivity index (χ0v) is 15.7. The zero-order valence-electron chi connectivity index (χ0n) is 15.7. The second-order valence-electron chi connectivity index (χ2n) is 5.95. The Morgan fingerprint density at radius 2 is 1.69 bits per heavy atom. The van der Waals surface area contributed by atoms with Gasteiger partial charge in [-0.3, -0.25) is 4.99 Å². The molecule has 0 aromatic heterocycles. The number of hydrogen-bond acceptors (Lipinski definition) is 3. The van der Waals surface area contributed by atoms with Crippen molar-refractivity contribution in [1.29, 1.82) is 0 Å². The number of nitrogens with one attached hydrogen (secondary N) is 2. The van der Waals surface area contributed by atoms with E-state index in [1.54, 1.807) is 14.2 Å². The van der Waals surface area contributed by atoms with Gasteiger partial charge in [-0.05, 0) is 36.1 Å². The number of guanidine groups is 1. The highest BCUT2D eigenvalue weighted by Crippen LogP contribution is 2.10. The Kier molecular flexibility index (Phi) is 9.08. The van der Waals surface area contributed by atoms with E-state index in [2.05, 4.69) is 27.8 Å². The maximum Gasteiger partial charge on any atom is 0.191 e. The van der Waals surface area contributed by atoms with Gasteiger partial charge in [0, 0.05) is 26.7 Å². The summed E-state index contributed by atoms with van der Waals surface area (Å²) in [5.41, 5.74) is 2.40. The molecule has 140 valence electrons. The van der Waals surface area contributed by atoms with Crippen LogP contribution in [0.4, 0.5) is 0 Å². The normalized spacial score (nSPS) is 11.2. The minimum atomic E-state index is 0.680. The van der Waals surface area contributed by atoms with E-state index in [1.807, 2.05) is 42.5 Å². The van der Waals surface area contributed by atoms with Crippen LogP contribution < -0.4 is 15.4 Å². The van der Waals surface area contributed by atoms with Crippen molar-refractivity contribution < 1.29 is 9.47 Å². The molecule has 0 aliphatic carbocycles. The van der Waals surface area contributed by atoms with Gasteiger partial charge in [-0.15, -0.1) is 0 Å². The predicted octanol–water partition coefficient (Wildman–Crippen LogP) is 3.36. The molecule has 0 bridgehead atoms. The van der Waals surface area contributed by atoms with Gasteiger partial charge in [0.15, 0.2) is 5.96 Å². The molecule has 0 atom stereocenters. The van der Waals surface area contributed by atoms with Crippen LogP contribution in [-0.2, 0) is 17.9 Å². The quantitative estimate of drug-likeness (QED) is 0.390. The van der Waals surface area contributed by atoms with Gasteiger partial charge >= 0.3 is 0 Å². The van der Waals surface area contributed by atoms with Crippen LogP contribution >= 0.6 is 0 Å². The third-order valence-electron chi connectivity index (χ3n) is 3.96. The summed E-state index contributed by atoms with van der Waals surface area (Å²) in [4.78, 5) is 4.25.